The fraction of sp³-hybridized carbons (Fsp3) is 0.462. The maximum absolute atomic E-state index is 9.95. The molecule has 0 amide bonds. The second-order valence-corrected chi connectivity index (χ2v) is 5.51. The molecule has 18 heavy (non-hydrogen) atoms. The molecule has 2 N–H and O–H groups in total. The molecule has 4 nitrogen and oxygen atoms in total. The normalized spacial score (nSPS) is 16.9. The summed E-state index contributed by atoms with van der Waals surface area (Å²) < 4.78 is 2.24. The van der Waals surface area contributed by atoms with Gasteiger partial charge in [-0.1, -0.05) is 0 Å². The van der Waals surface area contributed by atoms with E-state index in [1.54, 1.807) is 11.3 Å². The standard InChI is InChI=1S/C13H17N3OS/c17-13(10-3-4-18-8-10)7-14-5-12-6-15-9-16(12)11-1-2-11/h3-4,6,8-9,11,13-14,17H,1-2,5,7H2. The van der Waals surface area contributed by atoms with Crippen LogP contribution in [0.2, 0.25) is 0 Å². The molecule has 1 aliphatic rings. The van der Waals surface area contributed by atoms with Crippen molar-refractivity contribution in [3.8, 4) is 0 Å². The predicted octanol–water partition coefficient (Wildman–Crippen LogP) is 2.10. The molecule has 2 aromatic rings. The van der Waals surface area contributed by atoms with Gasteiger partial charge < -0.3 is 15.0 Å². The fourth-order valence-electron chi connectivity index (χ4n) is 2.07. The van der Waals surface area contributed by atoms with Crippen molar-refractivity contribution >= 4 is 11.3 Å². The van der Waals surface area contributed by atoms with Crippen LogP contribution in [0.5, 0.6) is 0 Å². The van der Waals surface area contributed by atoms with Crippen molar-refractivity contribution in [1.29, 1.82) is 0 Å². The van der Waals surface area contributed by atoms with Crippen molar-refractivity contribution < 1.29 is 5.11 Å². The summed E-state index contributed by atoms with van der Waals surface area (Å²) >= 11 is 1.61. The van der Waals surface area contributed by atoms with Gasteiger partial charge in [-0.25, -0.2) is 4.98 Å². The van der Waals surface area contributed by atoms with Crippen molar-refractivity contribution in [3.63, 3.8) is 0 Å². The summed E-state index contributed by atoms with van der Waals surface area (Å²) in [4.78, 5) is 4.19. The monoisotopic (exact) mass is 263 g/mol. The minimum Gasteiger partial charge on any atom is -0.387 e. The van der Waals surface area contributed by atoms with Crippen LogP contribution < -0.4 is 5.32 Å². The van der Waals surface area contributed by atoms with Gasteiger partial charge in [0.2, 0.25) is 0 Å². The lowest BCUT2D eigenvalue weighted by Crippen LogP contribution is -2.22. The van der Waals surface area contributed by atoms with Crippen molar-refractivity contribution in [2.75, 3.05) is 6.54 Å². The van der Waals surface area contributed by atoms with Gasteiger partial charge in [-0.3, -0.25) is 0 Å². The molecule has 1 aliphatic carbocycles. The molecule has 0 saturated heterocycles. The molecular formula is C13H17N3OS. The molecule has 1 saturated carbocycles. The number of aromatic nitrogens is 2. The highest BCUT2D eigenvalue weighted by molar-refractivity contribution is 7.07. The summed E-state index contributed by atoms with van der Waals surface area (Å²) in [5.74, 6) is 0. The third kappa shape index (κ3) is 2.63. The molecule has 0 spiro atoms. The van der Waals surface area contributed by atoms with E-state index in [9.17, 15) is 5.11 Å². The van der Waals surface area contributed by atoms with Gasteiger partial charge in [0.05, 0.1) is 18.1 Å². The second kappa shape index (κ2) is 5.22. The Balaban J connectivity index is 1.50. The number of nitrogens with one attached hydrogen (secondary N) is 1. The quantitative estimate of drug-likeness (QED) is 0.839. The van der Waals surface area contributed by atoms with Crippen LogP contribution in [-0.2, 0) is 6.54 Å². The first-order chi connectivity index (χ1) is 8.84. The predicted molar refractivity (Wildman–Crippen MR) is 71.5 cm³/mol. The van der Waals surface area contributed by atoms with Crippen LogP contribution in [0, 0.1) is 0 Å². The fourth-order valence-corrected chi connectivity index (χ4v) is 2.78. The van der Waals surface area contributed by atoms with Gasteiger partial charge >= 0.3 is 0 Å². The zero-order valence-electron chi connectivity index (χ0n) is 10.1. The van der Waals surface area contributed by atoms with E-state index < -0.39 is 6.10 Å². The number of aliphatic hydroxyl groups is 1. The number of aliphatic hydroxyl groups excluding tert-OH is 1. The average molecular weight is 263 g/mol. The Bertz CT molecular complexity index is 490. The van der Waals surface area contributed by atoms with E-state index in [4.69, 9.17) is 0 Å². The molecular weight excluding hydrogens is 246 g/mol. The lowest BCUT2D eigenvalue weighted by molar-refractivity contribution is 0.174. The average Bonchev–Trinajstić information content (AvgIpc) is 2.92. The van der Waals surface area contributed by atoms with E-state index in [2.05, 4.69) is 14.9 Å². The van der Waals surface area contributed by atoms with Gasteiger partial charge in [0.25, 0.3) is 0 Å². The molecule has 0 bridgehead atoms. The molecule has 1 fully saturated rings. The second-order valence-electron chi connectivity index (χ2n) is 4.73. The Morgan fingerprint density at radius 3 is 3.17 bits per heavy atom. The number of rotatable bonds is 6. The SMILES string of the molecule is OC(CNCc1cncn1C1CC1)c1ccsc1. The first kappa shape index (κ1) is 11.9. The molecule has 5 heteroatoms. The molecule has 0 aliphatic heterocycles. The summed E-state index contributed by atoms with van der Waals surface area (Å²) in [6, 6.07) is 2.62. The number of hydrogen-bond donors (Lipinski definition) is 2. The number of hydrogen-bond acceptors (Lipinski definition) is 4. The molecule has 2 aromatic heterocycles. The van der Waals surface area contributed by atoms with Crippen LogP contribution >= 0.6 is 11.3 Å². The zero-order valence-corrected chi connectivity index (χ0v) is 10.9. The lowest BCUT2D eigenvalue weighted by Gasteiger charge is -2.11. The first-order valence-corrected chi connectivity index (χ1v) is 7.20. The van der Waals surface area contributed by atoms with Crippen LogP contribution in [0.1, 0.15) is 36.2 Å². The zero-order chi connectivity index (χ0) is 12.4. The minimum atomic E-state index is -0.423. The van der Waals surface area contributed by atoms with E-state index in [-0.39, 0.29) is 0 Å². The largest absolute Gasteiger partial charge is 0.387 e. The summed E-state index contributed by atoms with van der Waals surface area (Å²) in [5.41, 5.74) is 2.19. The molecule has 1 unspecified atom stereocenters. The molecule has 0 aromatic carbocycles. The van der Waals surface area contributed by atoms with E-state index >= 15 is 0 Å². The third-order valence-electron chi connectivity index (χ3n) is 3.26. The Kier molecular flexibility index (Phi) is 3.45. The molecule has 0 radical (unpaired) electrons. The van der Waals surface area contributed by atoms with Gasteiger partial charge in [0.1, 0.15) is 0 Å². The smallest absolute Gasteiger partial charge is 0.0951 e. The van der Waals surface area contributed by atoms with Crippen LogP contribution in [0.25, 0.3) is 0 Å². The van der Waals surface area contributed by atoms with E-state index in [0.717, 1.165) is 12.1 Å². The van der Waals surface area contributed by atoms with Crippen molar-refractivity contribution in [2.24, 2.45) is 0 Å². The van der Waals surface area contributed by atoms with Crippen LogP contribution in [0.3, 0.4) is 0 Å². The van der Waals surface area contributed by atoms with E-state index in [1.165, 1.54) is 18.5 Å². The summed E-state index contributed by atoms with van der Waals surface area (Å²) in [5, 5.41) is 17.2. The molecule has 96 valence electrons. The van der Waals surface area contributed by atoms with Gasteiger partial charge in [-0.15, -0.1) is 0 Å². The Morgan fingerprint density at radius 1 is 1.56 bits per heavy atom. The van der Waals surface area contributed by atoms with Gasteiger partial charge in [-0.05, 0) is 35.2 Å². The van der Waals surface area contributed by atoms with Crippen molar-refractivity contribution in [2.45, 2.75) is 31.5 Å². The maximum atomic E-state index is 9.95. The minimum absolute atomic E-state index is 0.423. The van der Waals surface area contributed by atoms with Gasteiger partial charge in [-0.2, -0.15) is 11.3 Å². The first-order valence-electron chi connectivity index (χ1n) is 6.26. The maximum Gasteiger partial charge on any atom is 0.0951 e. The highest BCUT2D eigenvalue weighted by Gasteiger charge is 2.24. The highest BCUT2D eigenvalue weighted by atomic mass is 32.1. The summed E-state index contributed by atoms with van der Waals surface area (Å²) in [6.07, 6.45) is 5.92. The van der Waals surface area contributed by atoms with Gasteiger partial charge in [0, 0.05) is 25.3 Å². The number of thiophene rings is 1. The molecule has 2 heterocycles. The summed E-state index contributed by atoms with van der Waals surface area (Å²) in [6.45, 7) is 1.34. The van der Waals surface area contributed by atoms with E-state index in [1.807, 2.05) is 29.4 Å². The van der Waals surface area contributed by atoms with E-state index in [0.29, 0.717) is 12.6 Å². The Hall–Kier alpha value is -1.17. The van der Waals surface area contributed by atoms with Crippen LogP contribution in [0.4, 0.5) is 0 Å². The molecule has 1 atom stereocenters. The molecule has 3 rings (SSSR count). The third-order valence-corrected chi connectivity index (χ3v) is 3.96. The van der Waals surface area contributed by atoms with Crippen LogP contribution in [-0.4, -0.2) is 21.2 Å². The van der Waals surface area contributed by atoms with Crippen molar-refractivity contribution in [3.05, 3.63) is 40.6 Å². The van der Waals surface area contributed by atoms with Gasteiger partial charge in [0.15, 0.2) is 0 Å². The topological polar surface area (TPSA) is 50.1 Å². The number of imidazole rings is 1. The summed E-state index contributed by atoms with van der Waals surface area (Å²) in [7, 11) is 0. The van der Waals surface area contributed by atoms with Crippen molar-refractivity contribution in [1.82, 2.24) is 14.9 Å². The van der Waals surface area contributed by atoms with Crippen LogP contribution in [0.15, 0.2) is 29.4 Å². The lowest BCUT2D eigenvalue weighted by atomic mass is 10.2. The Labute approximate surface area is 110 Å². The highest BCUT2D eigenvalue weighted by Crippen LogP contribution is 2.35. The Morgan fingerprint density at radius 2 is 2.44 bits per heavy atom. The number of nitrogens with zero attached hydrogens (tertiary/aromatic N) is 2.